The van der Waals surface area contributed by atoms with Gasteiger partial charge >= 0.3 is 0 Å². The molecule has 0 aliphatic rings. The van der Waals surface area contributed by atoms with E-state index in [0.29, 0.717) is 0 Å². The van der Waals surface area contributed by atoms with Crippen molar-refractivity contribution < 1.29 is 4.79 Å². The van der Waals surface area contributed by atoms with Gasteiger partial charge in [-0.1, -0.05) is 41.9 Å². The summed E-state index contributed by atoms with van der Waals surface area (Å²) in [5, 5.41) is 0.214. The Balaban J connectivity index is 2.20. The Morgan fingerprint density at radius 1 is 1.26 bits per heavy atom. The monoisotopic (exact) mass is 275 g/mol. The summed E-state index contributed by atoms with van der Waals surface area (Å²) in [6, 6.07) is 9.76. The Morgan fingerprint density at radius 3 is 2.58 bits per heavy atom. The zero-order valence-electron chi connectivity index (χ0n) is 10.7. The lowest BCUT2D eigenvalue weighted by Gasteiger charge is -2.24. The van der Waals surface area contributed by atoms with Gasteiger partial charge in [0.2, 0.25) is 0 Å². The molecule has 19 heavy (non-hydrogen) atoms. The van der Waals surface area contributed by atoms with Gasteiger partial charge in [-0.2, -0.15) is 0 Å². The van der Waals surface area contributed by atoms with Crippen LogP contribution < -0.4 is 0 Å². The van der Waals surface area contributed by atoms with E-state index in [1.165, 1.54) is 12.4 Å². The Morgan fingerprint density at radius 2 is 1.95 bits per heavy atom. The molecular formula is C14H14ClN3O. The van der Waals surface area contributed by atoms with Crippen molar-refractivity contribution in [1.82, 2.24) is 14.9 Å². The van der Waals surface area contributed by atoms with E-state index in [-0.39, 0.29) is 22.8 Å². The Hall–Kier alpha value is -1.94. The van der Waals surface area contributed by atoms with Crippen LogP contribution in [0.25, 0.3) is 0 Å². The van der Waals surface area contributed by atoms with Crippen LogP contribution in [-0.2, 0) is 0 Å². The van der Waals surface area contributed by atoms with Crippen molar-refractivity contribution in [1.29, 1.82) is 0 Å². The fraction of sp³-hybridized carbons (Fsp3) is 0.214. The molecule has 1 aromatic heterocycles. The highest BCUT2D eigenvalue weighted by Crippen LogP contribution is 2.19. The van der Waals surface area contributed by atoms with Gasteiger partial charge in [0, 0.05) is 7.05 Å². The molecule has 0 saturated carbocycles. The number of benzene rings is 1. The first-order chi connectivity index (χ1) is 9.09. The number of carbonyl (C=O) groups is 1. The molecule has 0 saturated heterocycles. The number of nitrogens with zero attached hydrogens (tertiary/aromatic N) is 3. The molecule has 1 amide bonds. The number of rotatable bonds is 3. The van der Waals surface area contributed by atoms with Crippen LogP contribution in [-0.4, -0.2) is 27.8 Å². The Kier molecular flexibility index (Phi) is 4.12. The summed E-state index contributed by atoms with van der Waals surface area (Å²) in [5.74, 6) is -0.202. The molecule has 98 valence electrons. The van der Waals surface area contributed by atoms with Gasteiger partial charge in [-0.15, -0.1) is 0 Å². The molecule has 5 heteroatoms. The van der Waals surface area contributed by atoms with Gasteiger partial charge < -0.3 is 4.90 Å². The van der Waals surface area contributed by atoms with Gasteiger partial charge in [0.25, 0.3) is 5.91 Å². The highest BCUT2D eigenvalue weighted by atomic mass is 35.5. The van der Waals surface area contributed by atoms with Crippen molar-refractivity contribution in [2.45, 2.75) is 13.0 Å². The van der Waals surface area contributed by atoms with Crippen LogP contribution in [0.5, 0.6) is 0 Å². The minimum Gasteiger partial charge on any atom is -0.334 e. The quantitative estimate of drug-likeness (QED) is 0.865. The maximum Gasteiger partial charge on any atom is 0.274 e. The molecule has 0 bridgehead atoms. The first-order valence-corrected chi connectivity index (χ1v) is 6.27. The second-order valence-corrected chi connectivity index (χ2v) is 4.62. The summed E-state index contributed by atoms with van der Waals surface area (Å²) >= 11 is 5.75. The number of carbonyl (C=O) groups excluding carboxylic acids is 1. The third kappa shape index (κ3) is 3.09. The third-order valence-corrected chi connectivity index (χ3v) is 3.19. The van der Waals surface area contributed by atoms with Crippen LogP contribution in [0.2, 0.25) is 5.15 Å². The molecule has 0 radical (unpaired) electrons. The first-order valence-electron chi connectivity index (χ1n) is 5.89. The molecule has 0 aliphatic heterocycles. The maximum atomic E-state index is 12.3. The molecule has 1 aromatic carbocycles. The summed E-state index contributed by atoms with van der Waals surface area (Å²) in [7, 11) is 1.74. The van der Waals surface area contributed by atoms with E-state index in [9.17, 15) is 4.79 Å². The summed E-state index contributed by atoms with van der Waals surface area (Å²) in [5.41, 5.74) is 1.31. The summed E-state index contributed by atoms with van der Waals surface area (Å²) in [4.78, 5) is 21.8. The van der Waals surface area contributed by atoms with E-state index in [0.717, 1.165) is 5.56 Å². The van der Waals surface area contributed by atoms with Crippen molar-refractivity contribution in [2.75, 3.05) is 7.05 Å². The van der Waals surface area contributed by atoms with Crippen molar-refractivity contribution in [2.24, 2.45) is 0 Å². The fourth-order valence-electron chi connectivity index (χ4n) is 1.76. The topological polar surface area (TPSA) is 46.1 Å². The second-order valence-electron chi connectivity index (χ2n) is 4.23. The number of hydrogen-bond acceptors (Lipinski definition) is 3. The first kappa shape index (κ1) is 13.5. The van der Waals surface area contributed by atoms with Gasteiger partial charge in [-0.3, -0.25) is 9.78 Å². The van der Waals surface area contributed by atoms with Crippen molar-refractivity contribution in [3.05, 3.63) is 59.1 Å². The molecule has 0 N–H and O–H groups in total. The van der Waals surface area contributed by atoms with Crippen LogP contribution in [0.1, 0.15) is 29.0 Å². The van der Waals surface area contributed by atoms with Crippen molar-refractivity contribution >= 4 is 17.5 Å². The van der Waals surface area contributed by atoms with E-state index in [2.05, 4.69) is 9.97 Å². The molecule has 2 aromatic rings. The van der Waals surface area contributed by atoms with Crippen LogP contribution in [0.3, 0.4) is 0 Å². The van der Waals surface area contributed by atoms with Gasteiger partial charge in [-0.05, 0) is 12.5 Å². The molecule has 1 heterocycles. The molecule has 1 unspecified atom stereocenters. The number of amides is 1. The highest BCUT2D eigenvalue weighted by molar-refractivity contribution is 6.29. The second kappa shape index (κ2) is 5.80. The van der Waals surface area contributed by atoms with Crippen LogP contribution in [0.4, 0.5) is 0 Å². The third-order valence-electron chi connectivity index (χ3n) is 3.01. The maximum absolute atomic E-state index is 12.3. The van der Waals surface area contributed by atoms with Gasteiger partial charge in [-0.25, -0.2) is 4.98 Å². The molecule has 0 fully saturated rings. The van der Waals surface area contributed by atoms with E-state index >= 15 is 0 Å². The standard InChI is InChI=1S/C14H14ClN3O/c1-10(11-6-4-3-5-7-11)18(2)14(19)12-8-16-9-13(15)17-12/h3-10H,1-2H3. The molecule has 1 atom stereocenters. The minimum atomic E-state index is -0.202. The number of halogens is 1. The molecular weight excluding hydrogens is 262 g/mol. The minimum absolute atomic E-state index is 0.0468. The predicted octanol–water partition coefficient (Wildman–Crippen LogP) is 2.96. The van der Waals surface area contributed by atoms with E-state index in [1.807, 2.05) is 37.3 Å². The highest BCUT2D eigenvalue weighted by Gasteiger charge is 2.20. The van der Waals surface area contributed by atoms with E-state index in [1.54, 1.807) is 11.9 Å². The molecule has 4 nitrogen and oxygen atoms in total. The lowest BCUT2D eigenvalue weighted by molar-refractivity contribution is 0.0736. The summed E-state index contributed by atoms with van der Waals surface area (Å²) in [6.07, 6.45) is 2.82. The van der Waals surface area contributed by atoms with E-state index in [4.69, 9.17) is 11.6 Å². The van der Waals surface area contributed by atoms with Gasteiger partial charge in [0.15, 0.2) is 0 Å². The zero-order valence-corrected chi connectivity index (χ0v) is 11.5. The Bertz CT molecular complexity index is 574. The number of aromatic nitrogens is 2. The smallest absolute Gasteiger partial charge is 0.274 e. The van der Waals surface area contributed by atoms with E-state index < -0.39 is 0 Å². The Labute approximate surface area is 117 Å². The van der Waals surface area contributed by atoms with Crippen molar-refractivity contribution in [3.63, 3.8) is 0 Å². The predicted molar refractivity (Wildman–Crippen MR) is 74.0 cm³/mol. The summed E-state index contributed by atoms with van der Waals surface area (Å²) in [6.45, 7) is 1.96. The average molecular weight is 276 g/mol. The lowest BCUT2D eigenvalue weighted by Crippen LogP contribution is -2.30. The summed E-state index contributed by atoms with van der Waals surface area (Å²) < 4.78 is 0. The molecule has 2 rings (SSSR count). The SMILES string of the molecule is CC(c1ccccc1)N(C)C(=O)c1cncc(Cl)n1. The van der Waals surface area contributed by atoms with Crippen LogP contribution >= 0.6 is 11.6 Å². The largest absolute Gasteiger partial charge is 0.334 e. The lowest BCUT2D eigenvalue weighted by atomic mass is 10.1. The zero-order chi connectivity index (χ0) is 13.8. The van der Waals surface area contributed by atoms with Crippen LogP contribution in [0.15, 0.2) is 42.7 Å². The van der Waals surface area contributed by atoms with Gasteiger partial charge in [0.05, 0.1) is 18.4 Å². The van der Waals surface area contributed by atoms with Gasteiger partial charge in [0.1, 0.15) is 10.8 Å². The average Bonchev–Trinajstić information content (AvgIpc) is 2.46. The molecule has 0 spiro atoms. The van der Waals surface area contributed by atoms with Crippen molar-refractivity contribution in [3.8, 4) is 0 Å². The number of hydrogen-bond donors (Lipinski definition) is 0. The molecule has 0 aliphatic carbocycles. The van der Waals surface area contributed by atoms with Crippen LogP contribution in [0, 0.1) is 0 Å². The normalized spacial score (nSPS) is 11.9. The fourth-order valence-corrected chi connectivity index (χ4v) is 1.90.